The number of hydrogen-bond acceptors (Lipinski definition) is 5. The molecule has 2 aromatic rings. The van der Waals surface area contributed by atoms with Crippen molar-refractivity contribution in [2.45, 2.75) is 16.8 Å². The molecular formula is C12H13N3OS. The molecule has 88 valence electrons. The molecule has 0 saturated carbocycles. The van der Waals surface area contributed by atoms with E-state index in [4.69, 9.17) is 10.5 Å². The lowest BCUT2D eigenvalue weighted by Crippen LogP contribution is -1.98. The van der Waals surface area contributed by atoms with Gasteiger partial charge in [-0.05, 0) is 19.1 Å². The molecule has 0 unspecified atom stereocenters. The quantitative estimate of drug-likeness (QED) is 0.844. The fourth-order valence-corrected chi connectivity index (χ4v) is 2.23. The monoisotopic (exact) mass is 247 g/mol. The summed E-state index contributed by atoms with van der Waals surface area (Å²) < 4.78 is 5.20. The lowest BCUT2D eigenvalue weighted by Gasteiger charge is -2.08. The van der Waals surface area contributed by atoms with E-state index in [1.807, 2.05) is 12.1 Å². The van der Waals surface area contributed by atoms with Crippen LogP contribution in [0.5, 0.6) is 5.75 Å². The van der Waals surface area contributed by atoms with Gasteiger partial charge in [0.15, 0.2) is 11.6 Å². The van der Waals surface area contributed by atoms with Gasteiger partial charge in [-0.1, -0.05) is 29.5 Å². The minimum atomic E-state index is 0.358. The SMILES string of the molecule is COc1c(N)ncnc1Sc1ccc(C)cc1. The predicted molar refractivity (Wildman–Crippen MR) is 68.3 cm³/mol. The van der Waals surface area contributed by atoms with Crippen molar-refractivity contribution in [3.05, 3.63) is 36.2 Å². The molecule has 0 bridgehead atoms. The van der Waals surface area contributed by atoms with Gasteiger partial charge in [0.1, 0.15) is 11.4 Å². The molecule has 1 heterocycles. The highest BCUT2D eigenvalue weighted by Gasteiger charge is 2.10. The van der Waals surface area contributed by atoms with E-state index in [9.17, 15) is 0 Å². The molecule has 1 aromatic carbocycles. The van der Waals surface area contributed by atoms with E-state index in [0.717, 1.165) is 9.92 Å². The Bertz CT molecular complexity index is 514. The second kappa shape index (κ2) is 5.05. The summed E-state index contributed by atoms with van der Waals surface area (Å²) in [7, 11) is 1.56. The van der Waals surface area contributed by atoms with E-state index in [2.05, 4.69) is 29.0 Å². The topological polar surface area (TPSA) is 61.0 Å². The molecule has 1 aromatic heterocycles. The van der Waals surface area contributed by atoms with Gasteiger partial charge < -0.3 is 10.5 Å². The summed E-state index contributed by atoms with van der Waals surface area (Å²) in [6, 6.07) is 8.19. The van der Waals surface area contributed by atoms with Crippen LogP contribution < -0.4 is 10.5 Å². The summed E-state index contributed by atoms with van der Waals surface area (Å²) in [6.07, 6.45) is 1.44. The molecular weight excluding hydrogens is 234 g/mol. The van der Waals surface area contributed by atoms with Crippen LogP contribution in [0.2, 0.25) is 0 Å². The van der Waals surface area contributed by atoms with Crippen molar-refractivity contribution in [2.75, 3.05) is 12.8 Å². The molecule has 0 aliphatic heterocycles. The van der Waals surface area contributed by atoms with Gasteiger partial charge in [-0.15, -0.1) is 0 Å². The first-order valence-corrected chi connectivity index (χ1v) is 5.91. The van der Waals surface area contributed by atoms with Crippen LogP contribution in [0, 0.1) is 6.92 Å². The molecule has 4 nitrogen and oxygen atoms in total. The Hall–Kier alpha value is -1.75. The minimum absolute atomic E-state index is 0.358. The summed E-state index contributed by atoms with van der Waals surface area (Å²) in [5.74, 6) is 0.884. The Kier molecular flexibility index (Phi) is 3.49. The molecule has 0 atom stereocenters. The number of benzene rings is 1. The number of nitrogen functional groups attached to an aromatic ring is 1. The van der Waals surface area contributed by atoms with Gasteiger partial charge in [-0.3, -0.25) is 0 Å². The third kappa shape index (κ3) is 2.68. The third-order valence-electron chi connectivity index (χ3n) is 2.24. The van der Waals surface area contributed by atoms with E-state index in [-0.39, 0.29) is 0 Å². The second-order valence-electron chi connectivity index (χ2n) is 3.51. The van der Waals surface area contributed by atoms with Crippen LogP contribution in [-0.4, -0.2) is 17.1 Å². The zero-order valence-corrected chi connectivity index (χ0v) is 10.5. The molecule has 0 radical (unpaired) electrons. The van der Waals surface area contributed by atoms with Crippen LogP contribution in [0.15, 0.2) is 40.5 Å². The Labute approximate surface area is 104 Å². The van der Waals surface area contributed by atoms with Crippen LogP contribution in [0.4, 0.5) is 5.82 Å². The maximum atomic E-state index is 5.72. The van der Waals surface area contributed by atoms with Crippen molar-refractivity contribution in [1.29, 1.82) is 0 Å². The summed E-state index contributed by atoms with van der Waals surface area (Å²) in [4.78, 5) is 9.16. The molecule has 0 saturated heterocycles. The number of rotatable bonds is 3. The van der Waals surface area contributed by atoms with Gasteiger partial charge in [0.25, 0.3) is 0 Å². The number of ether oxygens (including phenoxy) is 1. The van der Waals surface area contributed by atoms with E-state index in [0.29, 0.717) is 11.6 Å². The number of aryl methyl sites for hydroxylation is 1. The molecule has 0 amide bonds. The van der Waals surface area contributed by atoms with Crippen molar-refractivity contribution in [3.8, 4) is 5.75 Å². The summed E-state index contributed by atoms with van der Waals surface area (Å²) in [5.41, 5.74) is 6.95. The largest absolute Gasteiger partial charge is 0.490 e. The number of anilines is 1. The highest BCUT2D eigenvalue weighted by Crippen LogP contribution is 2.35. The summed E-state index contributed by atoms with van der Waals surface area (Å²) in [5, 5.41) is 0.726. The van der Waals surface area contributed by atoms with Crippen molar-refractivity contribution >= 4 is 17.6 Å². The first-order chi connectivity index (χ1) is 8.20. The van der Waals surface area contributed by atoms with Crippen LogP contribution in [0.1, 0.15) is 5.56 Å². The Morgan fingerprint density at radius 2 is 1.88 bits per heavy atom. The average Bonchev–Trinajstić information content (AvgIpc) is 2.32. The van der Waals surface area contributed by atoms with Gasteiger partial charge >= 0.3 is 0 Å². The lowest BCUT2D eigenvalue weighted by molar-refractivity contribution is 0.401. The number of methoxy groups -OCH3 is 1. The number of nitrogens with zero attached hydrogens (tertiary/aromatic N) is 2. The second-order valence-corrected chi connectivity index (χ2v) is 4.57. The number of aromatic nitrogens is 2. The Morgan fingerprint density at radius 1 is 1.18 bits per heavy atom. The van der Waals surface area contributed by atoms with Crippen LogP contribution in [-0.2, 0) is 0 Å². The molecule has 0 spiro atoms. The standard InChI is InChI=1S/C12H13N3OS/c1-8-3-5-9(6-4-8)17-12-10(16-2)11(13)14-7-15-12/h3-7H,1-2H3,(H2,13,14,15). The van der Waals surface area contributed by atoms with E-state index in [1.165, 1.54) is 23.7 Å². The fraction of sp³-hybridized carbons (Fsp3) is 0.167. The fourth-order valence-electron chi connectivity index (χ4n) is 1.35. The maximum Gasteiger partial charge on any atom is 0.193 e. The summed E-state index contributed by atoms with van der Waals surface area (Å²) in [6.45, 7) is 2.05. The van der Waals surface area contributed by atoms with Crippen molar-refractivity contribution in [3.63, 3.8) is 0 Å². The molecule has 0 fully saturated rings. The molecule has 17 heavy (non-hydrogen) atoms. The van der Waals surface area contributed by atoms with Crippen LogP contribution in [0.3, 0.4) is 0 Å². The van der Waals surface area contributed by atoms with Gasteiger partial charge in [0.05, 0.1) is 7.11 Å². The lowest BCUT2D eigenvalue weighted by atomic mass is 10.2. The van der Waals surface area contributed by atoms with E-state index in [1.54, 1.807) is 7.11 Å². The van der Waals surface area contributed by atoms with Gasteiger partial charge in [-0.2, -0.15) is 0 Å². The number of nitrogens with two attached hydrogens (primary N) is 1. The zero-order chi connectivity index (χ0) is 12.3. The molecule has 2 N–H and O–H groups in total. The van der Waals surface area contributed by atoms with Crippen molar-refractivity contribution in [2.24, 2.45) is 0 Å². The highest BCUT2D eigenvalue weighted by atomic mass is 32.2. The predicted octanol–water partition coefficient (Wildman–Crippen LogP) is 2.53. The minimum Gasteiger partial charge on any atom is -0.490 e. The van der Waals surface area contributed by atoms with Gasteiger partial charge in [0, 0.05) is 4.90 Å². The molecule has 0 aliphatic rings. The third-order valence-corrected chi connectivity index (χ3v) is 3.23. The summed E-state index contributed by atoms with van der Waals surface area (Å²) >= 11 is 1.51. The van der Waals surface area contributed by atoms with E-state index < -0.39 is 0 Å². The van der Waals surface area contributed by atoms with Crippen molar-refractivity contribution < 1.29 is 4.74 Å². The zero-order valence-electron chi connectivity index (χ0n) is 9.68. The van der Waals surface area contributed by atoms with Gasteiger partial charge in [-0.25, -0.2) is 9.97 Å². The number of hydrogen-bond donors (Lipinski definition) is 1. The van der Waals surface area contributed by atoms with Crippen LogP contribution >= 0.6 is 11.8 Å². The highest BCUT2D eigenvalue weighted by molar-refractivity contribution is 7.99. The van der Waals surface area contributed by atoms with E-state index >= 15 is 0 Å². The van der Waals surface area contributed by atoms with Crippen LogP contribution in [0.25, 0.3) is 0 Å². The molecule has 0 aliphatic carbocycles. The Morgan fingerprint density at radius 3 is 2.53 bits per heavy atom. The average molecular weight is 247 g/mol. The first-order valence-electron chi connectivity index (χ1n) is 5.09. The molecule has 5 heteroatoms. The van der Waals surface area contributed by atoms with Gasteiger partial charge in [0.2, 0.25) is 0 Å². The Balaban J connectivity index is 2.29. The smallest absolute Gasteiger partial charge is 0.193 e. The normalized spacial score (nSPS) is 10.2. The first kappa shape index (κ1) is 11.7. The molecule has 2 rings (SSSR count). The van der Waals surface area contributed by atoms with Crippen molar-refractivity contribution in [1.82, 2.24) is 9.97 Å². The maximum absolute atomic E-state index is 5.72.